The monoisotopic (exact) mass is 532 g/mol. The third-order valence-electron chi connectivity index (χ3n) is 7.28. The predicted molar refractivity (Wildman–Crippen MR) is 142 cm³/mol. The first-order valence-electron chi connectivity index (χ1n) is 11.9. The van der Waals surface area contributed by atoms with E-state index < -0.39 is 41.2 Å². The molecule has 0 aliphatic carbocycles. The van der Waals surface area contributed by atoms with Crippen molar-refractivity contribution < 1.29 is 29.3 Å². The number of carbonyl (C=O) groups is 3. The van der Waals surface area contributed by atoms with Gasteiger partial charge in [0, 0.05) is 11.1 Å². The molecule has 4 unspecified atom stereocenters. The fourth-order valence-corrected chi connectivity index (χ4v) is 5.56. The molecule has 2 aliphatic heterocycles. The van der Waals surface area contributed by atoms with Crippen LogP contribution in [-0.2, 0) is 19.9 Å². The average Bonchev–Trinajstić information content (AvgIpc) is 3.39. The van der Waals surface area contributed by atoms with Gasteiger partial charge >= 0.3 is 5.97 Å². The Kier molecular flexibility index (Phi) is 6.46. The van der Waals surface area contributed by atoms with Crippen LogP contribution < -0.4 is 15.0 Å². The number of imide groups is 1. The molecule has 194 valence electrons. The number of ether oxygens (including phenoxy) is 1. The maximum absolute atomic E-state index is 13.9. The molecular formula is C29H25ClN2O6. The number of nitrogens with one attached hydrogen (secondary N) is 1. The average molecular weight is 533 g/mol. The van der Waals surface area contributed by atoms with Crippen molar-refractivity contribution in [3.05, 3.63) is 94.5 Å². The summed E-state index contributed by atoms with van der Waals surface area (Å²) in [6, 6.07) is 17.3. The molecule has 3 aromatic rings. The number of amides is 2. The number of rotatable bonds is 6. The summed E-state index contributed by atoms with van der Waals surface area (Å²) in [5, 5.41) is 24.0. The number of aryl methyl sites for hydroxylation is 1. The van der Waals surface area contributed by atoms with Crippen molar-refractivity contribution in [3.8, 4) is 11.5 Å². The molecule has 3 aromatic carbocycles. The summed E-state index contributed by atoms with van der Waals surface area (Å²) in [4.78, 5) is 41.8. The number of fused-ring (bicyclic) bond motifs is 1. The number of aromatic hydroxyl groups is 1. The van der Waals surface area contributed by atoms with Gasteiger partial charge in [0.2, 0.25) is 11.8 Å². The quantitative estimate of drug-likeness (QED) is 0.409. The smallest absolute Gasteiger partial charge is 0.329 e. The Morgan fingerprint density at radius 2 is 1.82 bits per heavy atom. The van der Waals surface area contributed by atoms with Gasteiger partial charge in [-0.2, -0.15) is 0 Å². The van der Waals surface area contributed by atoms with Crippen molar-refractivity contribution in [1.82, 2.24) is 5.32 Å². The van der Waals surface area contributed by atoms with Crippen molar-refractivity contribution in [3.63, 3.8) is 0 Å². The summed E-state index contributed by atoms with van der Waals surface area (Å²) in [5.74, 6) is -4.34. The van der Waals surface area contributed by atoms with E-state index in [0.29, 0.717) is 21.8 Å². The number of carboxylic acids is 1. The van der Waals surface area contributed by atoms with Gasteiger partial charge in [0.25, 0.3) is 0 Å². The van der Waals surface area contributed by atoms with Crippen molar-refractivity contribution in [1.29, 1.82) is 0 Å². The first kappa shape index (κ1) is 25.5. The maximum Gasteiger partial charge on any atom is 0.329 e. The number of carbonyl (C=O) groups excluding carboxylic acids is 2. The van der Waals surface area contributed by atoms with E-state index >= 15 is 0 Å². The highest BCUT2D eigenvalue weighted by Crippen LogP contribution is 2.50. The van der Waals surface area contributed by atoms with E-state index in [0.717, 1.165) is 10.5 Å². The molecule has 0 spiro atoms. The number of anilines is 1. The Hall–Kier alpha value is -4.14. The molecule has 2 fully saturated rings. The lowest BCUT2D eigenvalue weighted by Gasteiger charge is -2.31. The molecule has 38 heavy (non-hydrogen) atoms. The van der Waals surface area contributed by atoms with Crippen LogP contribution in [0.5, 0.6) is 11.5 Å². The van der Waals surface area contributed by atoms with Gasteiger partial charge < -0.3 is 14.9 Å². The second-order valence-corrected chi connectivity index (χ2v) is 9.80. The summed E-state index contributed by atoms with van der Waals surface area (Å²) in [6.45, 7) is 1.81. The lowest BCUT2D eigenvalue weighted by molar-refractivity contribution is -0.149. The third-order valence-corrected chi connectivity index (χ3v) is 7.69. The van der Waals surface area contributed by atoms with E-state index in [2.05, 4.69) is 5.32 Å². The Morgan fingerprint density at radius 1 is 1.08 bits per heavy atom. The number of carboxylic acid groups (broad SMARTS) is 1. The van der Waals surface area contributed by atoms with E-state index in [1.807, 2.05) is 6.92 Å². The number of halogens is 1. The minimum absolute atomic E-state index is 0.0263. The Morgan fingerprint density at radius 3 is 2.47 bits per heavy atom. The van der Waals surface area contributed by atoms with Crippen molar-refractivity contribution >= 4 is 41.1 Å². The number of phenols is 1. The number of hydrogen-bond acceptors (Lipinski definition) is 6. The lowest BCUT2D eigenvalue weighted by atomic mass is 9.76. The van der Waals surface area contributed by atoms with Crippen LogP contribution in [-0.4, -0.2) is 41.1 Å². The molecule has 4 atom stereocenters. The van der Waals surface area contributed by atoms with Gasteiger partial charge in [-0.05, 0) is 47.9 Å². The van der Waals surface area contributed by atoms with Gasteiger partial charge in [-0.15, -0.1) is 0 Å². The minimum Gasteiger partial charge on any atom is -0.504 e. The van der Waals surface area contributed by atoms with Crippen LogP contribution in [0.15, 0.2) is 72.8 Å². The number of aliphatic carboxylic acids is 1. The lowest BCUT2D eigenvalue weighted by Crippen LogP contribution is -2.54. The van der Waals surface area contributed by atoms with Crippen LogP contribution in [0.1, 0.15) is 16.7 Å². The van der Waals surface area contributed by atoms with E-state index in [1.54, 1.807) is 72.8 Å². The highest BCUT2D eigenvalue weighted by atomic mass is 35.5. The number of hydrogen-bond donors (Lipinski definition) is 3. The second-order valence-electron chi connectivity index (χ2n) is 9.39. The topological polar surface area (TPSA) is 116 Å². The molecule has 2 aliphatic rings. The largest absolute Gasteiger partial charge is 0.504 e. The Bertz CT molecular complexity index is 1470. The fourth-order valence-electron chi connectivity index (χ4n) is 5.39. The zero-order valence-electron chi connectivity index (χ0n) is 20.6. The molecular weight excluding hydrogens is 508 g/mol. The van der Waals surface area contributed by atoms with Crippen LogP contribution in [0, 0.1) is 18.8 Å². The van der Waals surface area contributed by atoms with Crippen LogP contribution in [0.4, 0.5) is 5.69 Å². The van der Waals surface area contributed by atoms with Gasteiger partial charge in [-0.25, -0.2) is 9.69 Å². The molecule has 9 heteroatoms. The van der Waals surface area contributed by atoms with Crippen LogP contribution in [0.25, 0.3) is 6.08 Å². The summed E-state index contributed by atoms with van der Waals surface area (Å²) in [6.07, 6.45) is 3.37. The first-order chi connectivity index (χ1) is 18.2. The fraction of sp³-hybridized carbons (Fsp3) is 0.207. The third kappa shape index (κ3) is 3.93. The van der Waals surface area contributed by atoms with E-state index in [-0.39, 0.29) is 11.5 Å². The van der Waals surface area contributed by atoms with Crippen LogP contribution in [0.3, 0.4) is 0 Å². The summed E-state index contributed by atoms with van der Waals surface area (Å²) >= 11 is 6.30. The zero-order chi connectivity index (χ0) is 27.2. The van der Waals surface area contributed by atoms with Crippen molar-refractivity contribution in [2.24, 2.45) is 11.8 Å². The van der Waals surface area contributed by atoms with Crippen molar-refractivity contribution in [2.45, 2.75) is 18.5 Å². The van der Waals surface area contributed by atoms with Crippen LogP contribution >= 0.6 is 11.6 Å². The van der Waals surface area contributed by atoms with Gasteiger partial charge in [0.15, 0.2) is 17.0 Å². The number of methoxy groups -OCH3 is 1. The SMILES string of the molecule is COc1cc(C=CC2NC(C(=O)O)(c3ccccc3)C3C(=O)N(c4ccc(C)c(Cl)c4)C(=O)C23)ccc1O. The zero-order valence-corrected chi connectivity index (χ0v) is 21.3. The molecule has 3 N–H and O–H groups in total. The summed E-state index contributed by atoms with van der Waals surface area (Å²) in [7, 11) is 1.43. The van der Waals surface area contributed by atoms with Gasteiger partial charge in [0.05, 0.1) is 24.6 Å². The minimum atomic E-state index is -1.84. The number of benzene rings is 3. The highest BCUT2D eigenvalue weighted by Gasteiger charge is 2.68. The first-order valence-corrected chi connectivity index (χ1v) is 12.3. The molecule has 0 bridgehead atoms. The normalized spacial score (nSPS) is 24.7. The molecule has 0 radical (unpaired) electrons. The van der Waals surface area contributed by atoms with E-state index in [9.17, 15) is 24.6 Å². The molecule has 2 saturated heterocycles. The molecule has 2 heterocycles. The summed E-state index contributed by atoms with van der Waals surface area (Å²) < 4.78 is 5.17. The highest BCUT2D eigenvalue weighted by molar-refractivity contribution is 6.32. The molecule has 5 rings (SSSR count). The van der Waals surface area contributed by atoms with Gasteiger partial charge in [0.1, 0.15) is 0 Å². The molecule has 8 nitrogen and oxygen atoms in total. The number of nitrogens with zero attached hydrogens (tertiary/aromatic N) is 1. The Labute approximate surface area is 224 Å². The van der Waals surface area contributed by atoms with Crippen LogP contribution in [0.2, 0.25) is 5.02 Å². The molecule has 2 amide bonds. The molecule has 0 saturated carbocycles. The number of phenolic OH excluding ortho intramolecular Hbond substituents is 1. The second kappa shape index (κ2) is 9.63. The summed E-state index contributed by atoms with van der Waals surface area (Å²) in [5.41, 5.74) is 0.261. The Balaban J connectivity index is 1.63. The van der Waals surface area contributed by atoms with E-state index in [1.165, 1.54) is 13.2 Å². The van der Waals surface area contributed by atoms with Gasteiger partial charge in [-0.1, -0.05) is 66.2 Å². The van der Waals surface area contributed by atoms with Crippen molar-refractivity contribution in [2.75, 3.05) is 12.0 Å². The maximum atomic E-state index is 13.9. The van der Waals surface area contributed by atoms with Gasteiger partial charge in [-0.3, -0.25) is 14.9 Å². The standard InChI is InChI=1S/C29H25ClN2O6/c1-16-8-11-19(15-20(16)30)32-26(34)24-21(12-9-17-10-13-22(33)23(14-17)38-2)31-29(28(36)37,25(24)27(32)35)18-6-4-3-5-7-18/h3-15,21,24-25,31,33H,1-2H3,(H,36,37). The predicted octanol–water partition coefficient (Wildman–Crippen LogP) is 4.13. The van der Waals surface area contributed by atoms with E-state index in [4.69, 9.17) is 16.3 Å². The molecule has 0 aromatic heterocycles.